The van der Waals surface area contributed by atoms with Crippen LogP contribution in [0.5, 0.6) is 0 Å². The number of hydroxylamine groups is 2. The molecular weight excluding hydrogens is 456 g/mol. The topological polar surface area (TPSA) is 101 Å². The average molecular weight is 489 g/mol. The Morgan fingerprint density at radius 2 is 1.61 bits per heavy atom. The van der Waals surface area contributed by atoms with Crippen molar-refractivity contribution >= 4 is 40.3 Å². The number of rotatable bonds is 4. The number of amides is 3. The number of fused-ring (bicyclic) bond motifs is 1. The molecule has 36 heavy (non-hydrogen) atoms. The van der Waals surface area contributed by atoms with Crippen LogP contribution in [-0.2, 0) is 9.63 Å². The number of para-hydroxylation sites is 1. The molecule has 1 fully saturated rings. The van der Waals surface area contributed by atoms with E-state index in [1.54, 1.807) is 6.07 Å². The van der Waals surface area contributed by atoms with E-state index in [0.717, 1.165) is 54.2 Å². The van der Waals surface area contributed by atoms with Crippen LogP contribution in [-0.4, -0.2) is 34.0 Å². The highest BCUT2D eigenvalue weighted by Gasteiger charge is 2.31. The number of hydrogen-bond donors (Lipinski definition) is 2. The van der Waals surface area contributed by atoms with Crippen molar-refractivity contribution in [2.75, 3.05) is 10.6 Å². The highest BCUT2D eigenvalue weighted by Crippen LogP contribution is 2.28. The summed E-state index contributed by atoms with van der Waals surface area (Å²) < 4.78 is 0. The molecule has 0 bridgehead atoms. The van der Waals surface area contributed by atoms with E-state index in [-0.39, 0.29) is 17.4 Å². The number of aryl methyl sites for hydroxylation is 3. The van der Waals surface area contributed by atoms with Gasteiger partial charge in [0.15, 0.2) is 0 Å². The second-order valence-electron chi connectivity index (χ2n) is 9.44. The van der Waals surface area contributed by atoms with E-state index in [2.05, 4.69) is 15.6 Å². The summed E-state index contributed by atoms with van der Waals surface area (Å²) in [7, 11) is 0. The van der Waals surface area contributed by atoms with E-state index in [0.29, 0.717) is 11.2 Å². The van der Waals surface area contributed by atoms with Gasteiger partial charge in [-0.15, -0.1) is 0 Å². The van der Waals surface area contributed by atoms with Gasteiger partial charge in [0.25, 0.3) is 5.91 Å². The molecule has 1 aliphatic carbocycles. The number of nitrogens with one attached hydrogen (secondary N) is 2. The predicted molar refractivity (Wildman–Crippen MR) is 140 cm³/mol. The molecule has 8 heteroatoms. The van der Waals surface area contributed by atoms with Gasteiger partial charge < -0.3 is 10.2 Å². The fraction of sp³-hybridized carbons (Fsp3) is 0.357. The number of carbonyl (C=O) groups is 3. The lowest BCUT2D eigenvalue weighted by Gasteiger charge is -2.32. The minimum atomic E-state index is -0.569. The summed E-state index contributed by atoms with van der Waals surface area (Å²) in [5.41, 5.74) is 4.47. The Kier molecular flexibility index (Phi) is 7.52. The number of pyridine rings is 1. The highest BCUT2D eigenvalue weighted by atomic mass is 16.7. The quantitative estimate of drug-likeness (QED) is 0.435. The Morgan fingerprint density at radius 1 is 0.944 bits per heavy atom. The zero-order valence-electron chi connectivity index (χ0n) is 21.2. The van der Waals surface area contributed by atoms with Gasteiger partial charge in [0.1, 0.15) is 5.82 Å². The van der Waals surface area contributed by atoms with Crippen molar-refractivity contribution in [2.24, 2.45) is 0 Å². The molecule has 0 unspecified atom stereocenters. The lowest BCUT2D eigenvalue weighted by molar-refractivity contribution is -0.185. The Bertz CT molecular complexity index is 1290. The SMILES string of the molecule is CC(=O)ON(C(=O)c1cc2ccccc2nc1NC(=O)Nc1c(C)cc(C)cc1C)C1CCCCC1. The first-order valence-electron chi connectivity index (χ1n) is 12.3. The normalized spacial score (nSPS) is 13.8. The van der Waals surface area contributed by atoms with Crippen molar-refractivity contribution in [1.82, 2.24) is 10.0 Å². The van der Waals surface area contributed by atoms with E-state index in [1.807, 2.05) is 57.2 Å². The molecule has 2 aromatic carbocycles. The summed E-state index contributed by atoms with van der Waals surface area (Å²) in [6.45, 7) is 7.14. The monoisotopic (exact) mass is 488 g/mol. The summed E-state index contributed by atoms with van der Waals surface area (Å²) in [5.74, 6) is -0.972. The zero-order chi connectivity index (χ0) is 25.8. The number of aromatic nitrogens is 1. The fourth-order valence-corrected chi connectivity index (χ4v) is 4.86. The van der Waals surface area contributed by atoms with Gasteiger partial charge in [0.05, 0.1) is 17.1 Å². The van der Waals surface area contributed by atoms with Crippen LogP contribution in [0.1, 0.15) is 66.1 Å². The second kappa shape index (κ2) is 10.8. The molecule has 0 radical (unpaired) electrons. The van der Waals surface area contributed by atoms with E-state index < -0.39 is 17.9 Å². The van der Waals surface area contributed by atoms with Crippen molar-refractivity contribution in [3.05, 3.63) is 64.7 Å². The molecule has 1 aromatic heterocycles. The lowest BCUT2D eigenvalue weighted by atomic mass is 9.95. The van der Waals surface area contributed by atoms with E-state index >= 15 is 0 Å². The number of carbonyl (C=O) groups excluding carboxylic acids is 3. The van der Waals surface area contributed by atoms with Crippen LogP contribution < -0.4 is 10.6 Å². The molecule has 1 heterocycles. The van der Waals surface area contributed by atoms with Crippen LogP contribution >= 0.6 is 0 Å². The van der Waals surface area contributed by atoms with Gasteiger partial charge in [0, 0.05) is 18.0 Å². The molecule has 1 aliphatic rings. The second-order valence-corrected chi connectivity index (χ2v) is 9.44. The molecule has 0 spiro atoms. The molecule has 3 amide bonds. The standard InChI is InChI=1S/C28H32N4O4/c1-17-14-18(2)25(19(3)15-17)30-28(35)31-26-23(16-21-10-8-9-13-24(21)29-26)27(34)32(36-20(4)33)22-11-6-5-7-12-22/h8-10,13-16,22H,5-7,11-12H2,1-4H3,(H2,29,30,31,35). The minimum absolute atomic E-state index is 0.103. The largest absolute Gasteiger partial charge is 0.338 e. The lowest BCUT2D eigenvalue weighted by Crippen LogP contribution is -2.43. The molecular formula is C28H32N4O4. The van der Waals surface area contributed by atoms with Crippen LogP contribution in [0.4, 0.5) is 16.3 Å². The van der Waals surface area contributed by atoms with Gasteiger partial charge in [0.2, 0.25) is 0 Å². The number of benzene rings is 2. The highest BCUT2D eigenvalue weighted by molar-refractivity contribution is 6.08. The first-order chi connectivity index (χ1) is 17.2. The summed E-state index contributed by atoms with van der Waals surface area (Å²) >= 11 is 0. The zero-order valence-corrected chi connectivity index (χ0v) is 21.2. The third kappa shape index (κ3) is 5.64. The Morgan fingerprint density at radius 3 is 2.28 bits per heavy atom. The van der Waals surface area contributed by atoms with Crippen LogP contribution in [0, 0.1) is 20.8 Å². The van der Waals surface area contributed by atoms with Gasteiger partial charge in [-0.25, -0.2) is 9.78 Å². The summed E-state index contributed by atoms with van der Waals surface area (Å²) in [4.78, 5) is 48.7. The molecule has 188 valence electrons. The minimum Gasteiger partial charge on any atom is -0.338 e. The van der Waals surface area contributed by atoms with Crippen LogP contribution in [0.2, 0.25) is 0 Å². The van der Waals surface area contributed by atoms with Crippen LogP contribution in [0.25, 0.3) is 10.9 Å². The molecule has 2 N–H and O–H groups in total. The fourth-order valence-electron chi connectivity index (χ4n) is 4.86. The smallest absolute Gasteiger partial charge is 0.329 e. The maximum Gasteiger partial charge on any atom is 0.329 e. The predicted octanol–water partition coefficient (Wildman–Crippen LogP) is 6.06. The Labute approximate surface area is 211 Å². The summed E-state index contributed by atoms with van der Waals surface area (Å²) in [6, 6.07) is 12.3. The molecule has 0 saturated heterocycles. The van der Waals surface area contributed by atoms with E-state index in [1.165, 1.54) is 12.0 Å². The van der Waals surface area contributed by atoms with E-state index in [9.17, 15) is 14.4 Å². The summed E-state index contributed by atoms with van der Waals surface area (Å²) in [5, 5.41) is 7.57. The number of nitrogens with zero attached hydrogens (tertiary/aromatic N) is 2. The van der Waals surface area contributed by atoms with Crippen molar-refractivity contribution in [3.8, 4) is 0 Å². The molecule has 8 nitrogen and oxygen atoms in total. The van der Waals surface area contributed by atoms with Crippen LogP contribution in [0.15, 0.2) is 42.5 Å². The van der Waals surface area contributed by atoms with Gasteiger partial charge in [-0.05, 0) is 56.9 Å². The molecule has 3 aromatic rings. The number of hydrogen-bond acceptors (Lipinski definition) is 5. The van der Waals surface area contributed by atoms with E-state index in [4.69, 9.17) is 4.84 Å². The molecule has 1 saturated carbocycles. The number of anilines is 2. The molecule has 0 aliphatic heterocycles. The van der Waals surface area contributed by atoms with Crippen molar-refractivity contribution in [3.63, 3.8) is 0 Å². The van der Waals surface area contributed by atoms with Crippen LogP contribution in [0.3, 0.4) is 0 Å². The van der Waals surface area contributed by atoms with Gasteiger partial charge in [-0.1, -0.05) is 55.2 Å². The maximum absolute atomic E-state index is 13.8. The van der Waals surface area contributed by atoms with Crippen molar-refractivity contribution < 1.29 is 19.2 Å². The maximum atomic E-state index is 13.8. The molecule has 0 atom stereocenters. The first-order valence-corrected chi connectivity index (χ1v) is 12.3. The molecule has 4 rings (SSSR count). The Balaban J connectivity index is 1.69. The Hall–Kier alpha value is -3.94. The van der Waals surface area contributed by atoms with Gasteiger partial charge in [-0.3, -0.25) is 14.9 Å². The van der Waals surface area contributed by atoms with Gasteiger partial charge >= 0.3 is 12.0 Å². The van der Waals surface area contributed by atoms with Gasteiger partial charge in [-0.2, -0.15) is 5.06 Å². The third-order valence-corrected chi connectivity index (χ3v) is 6.44. The number of urea groups is 1. The average Bonchev–Trinajstić information content (AvgIpc) is 2.84. The van der Waals surface area contributed by atoms with Crippen molar-refractivity contribution in [1.29, 1.82) is 0 Å². The summed E-state index contributed by atoms with van der Waals surface area (Å²) in [6.07, 6.45) is 4.48. The van der Waals surface area contributed by atoms with Crippen molar-refractivity contribution in [2.45, 2.75) is 65.8 Å². The first kappa shape index (κ1) is 25.2. The third-order valence-electron chi connectivity index (χ3n) is 6.44.